The van der Waals surface area contributed by atoms with Crippen LogP contribution < -0.4 is 21.3 Å². The van der Waals surface area contributed by atoms with Crippen molar-refractivity contribution in [3.05, 3.63) is 90.3 Å². The molecule has 0 radical (unpaired) electrons. The van der Waals surface area contributed by atoms with Crippen LogP contribution in [0.15, 0.2) is 73.2 Å². The van der Waals surface area contributed by atoms with Crippen molar-refractivity contribution in [3.8, 4) is 0 Å². The monoisotopic (exact) mass is 967 g/mol. The van der Waals surface area contributed by atoms with Gasteiger partial charge in [0.2, 0.25) is 23.5 Å². The number of rotatable bonds is 22. The maximum absolute atomic E-state index is 14.6. The number of halogens is 1. The first kappa shape index (κ1) is 54.2. The molecule has 1 aromatic heterocycles. The lowest BCUT2D eigenvalue weighted by Gasteiger charge is -2.34. The van der Waals surface area contributed by atoms with Crippen molar-refractivity contribution in [2.24, 2.45) is 29.1 Å². The molecule has 6 amide bonds. The summed E-state index contributed by atoms with van der Waals surface area (Å²) in [6, 6.07) is 10.2. The van der Waals surface area contributed by atoms with E-state index in [4.69, 9.17) is 0 Å². The van der Waals surface area contributed by atoms with Crippen LogP contribution in [-0.2, 0) is 33.6 Å². The first-order valence-corrected chi connectivity index (χ1v) is 24.1. The highest BCUT2D eigenvalue weighted by Gasteiger charge is 2.45. The summed E-state index contributed by atoms with van der Waals surface area (Å²) in [4.78, 5) is 134. The van der Waals surface area contributed by atoms with E-state index in [0.29, 0.717) is 17.7 Å². The number of Topliss-reactive ketones (excluding diaryl/α,β-unsaturated/α-hetero) is 4. The minimum atomic E-state index is -1.17. The highest BCUT2D eigenvalue weighted by molar-refractivity contribution is 6.38. The molecule has 2 aliphatic rings. The van der Waals surface area contributed by atoms with Crippen LogP contribution in [0.4, 0.5) is 14.9 Å². The van der Waals surface area contributed by atoms with E-state index in [0.717, 1.165) is 44.2 Å². The maximum atomic E-state index is 14.6. The molecule has 2 aromatic carbocycles. The Bertz CT molecular complexity index is 2340. The third-order valence-corrected chi connectivity index (χ3v) is 13.2. The van der Waals surface area contributed by atoms with Gasteiger partial charge in [0.05, 0.1) is 24.2 Å². The van der Waals surface area contributed by atoms with Crippen LogP contribution in [-0.4, -0.2) is 112 Å². The van der Waals surface area contributed by atoms with Gasteiger partial charge in [-0.2, -0.15) is 0 Å². The predicted octanol–water partition coefficient (Wildman–Crippen LogP) is 5.80. The Morgan fingerprint density at radius 2 is 1.53 bits per heavy atom. The molecule has 5 rings (SSSR count). The van der Waals surface area contributed by atoms with Gasteiger partial charge in [-0.05, 0) is 60.4 Å². The zero-order valence-electron chi connectivity index (χ0n) is 41.0. The molecule has 2 heterocycles. The Morgan fingerprint density at radius 3 is 2.14 bits per heavy atom. The second kappa shape index (κ2) is 25.2. The number of likely N-dealkylation sites (N-methyl/N-ethyl adjacent to an activating group) is 1. The number of nitrogens with zero attached hydrogens (tertiary/aromatic N) is 4. The molecule has 2 fully saturated rings. The van der Waals surface area contributed by atoms with Crippen molar-refractivity contribution >= 4 is 58.5 Å². The molecule has 1 aliphatic carbocycles. The number of ketones is 4. The minimum absolute atomic E-state index is 0.0567. The number of aromatic nitrogens is 2. The molecule has 1 saturated carbocycles. The summed E-state index contributed by atoms with van der Waals surface area (Å²) in [5, 5.41) is 11.3. The quantitative estimate of drug-likeness (QED) is 0.0879. The molecule has 0 bridgehead atoms. The fourth-order valence-corrected chi connectivity index (χ4v) is 9.21. The third kappa shape index (κ3) is 15.1. The Morgan fingerprint density at radius 1 is 0.843 bits per heavy atom. The van der Waals surface area contributed by atoms with Crippen LogP contribution in [0.1, 0.15) is 120 Å². The van der Waals surface area contributed by atoms with E-state index in [9.17, 15) is 47.5 Å². The summed E-state index contributed by atoms with van der Waals surface area (Å²) < 4.78 is 13.7. The number of hydrogen-bond acceptors (Lipinski definition) is 11. The van der Waals surface area contributed by atoms with E-state index in [2.05, 4.69) is 31.2 Å². The molecule has 6 atom stereocenters. The number of anilines is 1. The summed E-state index contributed by atoms with van der Waals surface area (Å²) in [7, 11) is 2.99. The lowest BCUT2D eigenvalue weighted by molar-refractivity contribution is -0.141. The molecular weight excluding hydrogens is 900 g/mol. The molecule has 0 spiro atoms. The van der Waals surface area contributed by atoms with E-state index < -0.39 is 107 Å². The maximum Gasteiger partial charge on any atom is 0.321 e. The molecule has 70 heavy (non-hydrogen) atoms. The Hall–Kier alpha value is -6.72. The molecule has 4 N–H and O–H groups in total. The normalized spacial score (nSPS) is 17.8. The predicted molar refractivity (Wildman–Crippen MR) is 258 cm³/mol. The van der Waals surface area contributed by atoms with E-state index in [1.807, 2.05) is 20.8 Å². The zero-order valence-corrected chi connectivity index (χ0v) is 41.0. The first-order chi connectivity index (χ1) is 33.3. The van der Waals surface area contributed by atoms with Crippen molar-refractivity contribution < 1.29 is 47.5 Å². The number of carbonyl (C=O) groups is 9. The molecule has 376 valence electrons. The number of likely N-dealkylation sites (tertiary alicyclic amines) is 1. The lowest BCUT2D eigenvalue weighted by atomic mass is 9.74. The first-order valence-electron chi connectivity index (χ1n) is 24.1. The summed E-state index contributed by atoms with van der Waals surface area (Å²) in [6.45, 7) is 7.06. The third-order valence-electron chi connectivity index (χ3n) is 13.2. The number of benzene rings is 2. The zero-order chi connectivity index (χ0) is 51.1. The van der Waals surface area contributed by atoms with Gasteiger partial charge in [0.1, 0.15) is 23.3 Å². The number of amides is 6. The van der Waals surface area contributed by atoms with Gasteiger partial charge in [0.25, 0.3) is 5.91 Å². The van der Waals surface area contributed by atoms with Gasteiger partial charge < -0.3 is 31.1 Å². The lowest BCUT2D eigenvalue weighted by Crippen LogP contribution is -2.51. The largest absolute Gasteiger partial charge is 0.351 e. The van der Waals surface area contributed by atoms with Gasteiger partial charge in [0.15, 0.2) is 11.6 Å². The van der Waals surface area contributed by atoms with Crippen molar-refractivity contribution in [3.63, 3.8) is 0 Å². The molecular formula is C52H67FN8O9. The fraction of sp³-hybridized carbons (Fsp3) is 0.519. The summed E-state index contributed by atoms with van der Waals surface area (Å²) in [5.74, 6) is -8.45. The second-order valence-corrected chi connectivity index (χ2v) is 19.7. The van der Waals surface area contributed by atoms with Crippen LogP contribution in [0.3, 0.4) is 0 Å². The average Bonchev–Trinajstić information content (AvgIpc) is 3.77. The molecule has 3 aromatic rings. The van der Waals surface area contributed by atoms with Gasteiger partial charge >= 0.3 is 6.03 Å². The van der Waals surface area contributed by atoms with Crippen LogP contribution >= 0.6 is 0 Å². The molecule has 18 heteroatoms. The molecule has 17 nitrogen and oxygen atoms in total. The number of carbonyl (C=O) groups excluding carboxylic acids is 9. The molecule has 1 unspecified atom stereocenters. The summed E-state index contributed by atoms with van der Waals surface area (Å²) >= 11 is 0. The smallest absolute Gasteiger partial charge is 0.321 e. The van der Waals surface area contributed by atoms with Crippen LogP contribution in [0.5, 0.6) is 0 Å². The van der Waals surface area contributed by atoms with E-state index in [1.54, 1.807) is 37.3 Å². The van der Waals surface area contributed by atoms with Crippen molar-refractivity contribution in [2.45, 2.75) is 116 Å². The number of hydrogen-bond donors (Lipinski definition) is 4. The van der Waals surface area contributed by atoms with Gasteiger partial charge in [0, 0.05) is 82.8 Å². The fourth-order valence-electron chi connectivity index (χ4n) is 9.21. The van der Waals surface area contributed by atoms with E-state index in [-0.39, 0.29) is 49.7 Å². The summed E-state index contributed by atoms with van der Waals surface area (Å²) in [6.07, 6.45) is 7.42. The second-order valence-electron chi connectivity index (χ2n) is 19.7. The van der Waals surface area contributed by atoms with Crippen LogP contribution in [0.2, 0.25) is 0 Å². The number of nitrogens with one attached hydrogen (secondary N) is 4. The highest BCUT2D eigenvalue weighted by atomic mass is 19.1. The molecule has 1 saturated heterocycles. The number of urea groups is 1. The van der Waals surface area contributed by atoms with Crippen LogP contribution in [0, 0.1) is 34.9 Å². The van der Waals surface area contributed by atoms with Crippen molar-refractivity contribution in [1.29, 1.82) is 0 Å². The van der Waals surface area contributed by atoms with Gasteiger partial charge in [-0.15, -0.1) is 0 Å². The SMILES string of the molecule is CCC[C@H](CC(=O)[C@@H]1CN(C(=O)Nc2ccccc2)CC1NC(=O)[C@@H](CC(=O)[C@@H](NC(=O)c1cnccn1)C1CCCCC1)C(C)(C)C)C(=O)C(=O)CCC(=O)N[C@H](C(=O)N(C)C)c1ccc(F)cc1. The Balaban J connectivity index is 1.32. The Labute approximate surface area is 408 Å². The average molecular weight is 967 g/mol. The van der Waals surface area contributed by atoms with Crippen molar-refractivity contribution in [2.75, 3.05) is 32.5 Å². The van der Waals surface area contributed by atoms with Gasteiger partial charge in [-0.3, -0.25) is 43.3 Å². The highest BCUT2D eigenvalue weighted by Crippen LogP contribution is 2.34. The topological polar surface area (TPSA) is 234 Å². The Kier molecular flexibility index (Phi) is 19.5. The van der Waals surface area contributed by atoms with E-state index >= 15 is 0 Å². The van der Waals surface area contributed by atoms with Gasteiger partial charge in [-0.1, -0.05) is 83.7 Å². The summed E-state index contributed by atoms with van der Waals surface area (Å²) in [5.41, 5.74) is 0.0973. The molecule has 1 aliphatic heterocycles. The number of para-hydroxylation sites is 1. The minimum Gasteiger partial charge on any atom is -0.351 e. The van der Waals surface area contributed by atoms with Gasteiger partial charge in [-0.25, -0.2) is 14.2 Å². The van der Waals surface area contributed by atoms with Crippen molar-refractivity contribution in [1.82, 2.24) is 35.7 Å². The van der Waals surface area contributed by atoms with Crippen LogP contribution in [0.25, 0.3) is 0 Å². The van der Waals surface area contributed by atoms with E-state index in [1.165, 1.54) is 54.6 Å². The standard InChI is InChI=1S/C52H67FN8O9/c1-7-14-34(47(66)41(62)23-24-44(65)58-46(50(69)60(5)6)33-19-21-35(53)22-20-33)27-42(63)37-30-61(51(70)56-36-17-12-9-13-18-36)31-40(37)57-48(67)38(52(2,3)4)28-43(64)45(32-15-10-8-11-16-32)59-49(68)39-29-54-25-26-55-39/h9,12-13,17-22,25-26,29,32,34,37-38,40,45-46H,7-8,10-11,14-16,23-24,27-28,30-31H2,1-6H3,(H,56,70)(H,57,67)(H,58,65)(H,59,68)/t34-,37-,38-,40?,45+,46+/m1/s1.